The lowest BCUT2D eigenvalue weighted by Crippen LogP contribution is -2.39. The van der Waals surface area contributed by atoms with Gasteiger partial charge in [0.05, 0.1) is 6.61 Å². The van der Waals surface area contributed by atoms with Crippen molar-refractivity contribution < 1.29 is 14.3 Å². The van der Waals surface area contributed by atoms with Crippen LogP contribution in [0.1, 0.15) is 13.8 Å². The number of aliphatic imine (C=N–C) groups is 1. The molecule has 0 aromatic carbocycles. The number of carbonyl (C=O) groups excluding carboxylic acids is 1. The average molecular weight is 172 g/mol. The van der Waals surface area contributed by atoms with Gasteiger partial charge in [0.15, 0.2) is 0 Å². The molecule has 5 nitrogen and oxygen atoms in total. The van der Waals surface area contributed by atoms with Crippen LogP contribution in [-0.4, -0.2) is 30.7 Å². The number of rotatable bonds is 3. The fourth-order valence-electron chi connectivity index (χ4n) is 0.904. The van der Waals surface area contributed by atoms with Gasteiger partial charge in [0, 0.05) is 6.61 Å². The molecule has 0 bridgehead atoms. The van der Waals surface area contributed by atoms with Crippen LogP contribution >= 0.6 is 0 Å². The fraction of sp³-hybridized carbons (Fsp3) is 0.714. The molecule has 5 heteroatoms. The number of nitrogens with two attached hydrogens (primary N) is 1. The van der Waals surface area contributed by atoms with E-state index in [1.54, 1.807) is 6.92 Å². The second-order valence-corrected chi connectivity index (χ2v) is 2.73. The standard InChI is InChI=1S/C7H12N2O3/c1-3-11-4-7(2)5(10)9-6(8)12-7/h3-4H2,1-2H3,(H2,8,9,10). The maximum atomic E-state index is 11.1. The molecule has 0 aliphatic carbocycles. The molecule has 12 heavy (non-hydrogen) atoms. The maximum Gasteiger partial charge on any atom is 0.296 e. The van der Waals surface area contributed by atoms with Gasteiger partial charge in [0.2, 0.25) is 5.60 Å². The SMILES string of the molecule is CCOCC1(C)OC(N)=NC1=O. The Morgan fingerprint density at radius 1 is 1.75 bits per heavy atom. The molecule has 0 radical (unpaired) electrons. The van der Waals surface area contributed by atoms with Crippen LogP contribution in [0.15, 0.2) is 4.99 Å². The maximum absolute atomic E-state index is 11.1. The molecule has 1 atom stereocenters. The minimum absolute atomic E-state index is 0.0813. The van der Waals surface area contributed by atoms with Crippen LogP contribution in [0, 0.1) is 0 Å². The Kier molecular flexibility index (Phi) is 2.32. The smallest absolute Gasteiger partial charge is 0.296 e. The van der Waals surface area contributed by atoms with Gasteiger partial charge in [-0.3, -0.25) is 4.79 Å². The van der Waals surface area contributed by atoms with E-state index in [1.165, 1.54) is 0 Å². The molecule has 1 heterocycles. The second kappa shape index (κ2) is 3.10. The van der Waals surface area contributed by atoms with Gasteiger partial charge in [-0.1, -0.05) is 0 Å². The van der Waals surface area contributed by atoms with E-state index >= 15 is 0 Å². The van der Waals surface area contributed by atoms with Gasteiger partial charge in [-0.05, 0) is 13.8 Å². The molecule has 1 aliphatic rings. The van der Waals surface area contributed by atoms with Crippen LogP contribution in [-0.2, 0) is 14.3 Å². The first kappa shape index (κ1) is 8.99. The van der Waals surface area contributed by atoms with Crippen LogP contribution in [0.5, 0.6) is 0 Å². The van der Waals surface area contributed by atoms with E-state index in [2.05, 4.69) is 4.99 Å². The lowest BCUT2D eigenvalue weighted by Gasteiger charge is -2.19. The number of amidine groups is 1. The van der Waals surface area contributed by atoms with E-state index in [-0.39, 0.29) is 18.5 Å². The van der Waals surface area contributed by atoms with E-state index in [1.807, 2.05) is 6.92 Å². The Morgan fingerprint density at radius 3 is 2.83 bits per heavy atom. The Balaban J connectivity index is 2.57. The van der Waals surface area contributed by atoms with Gasteiger partial charge in [-0.2, -0.15) is 4.99 Å². The minimum Gasteiger partial charge on any atom is -0.446 e. The third kappa shape index (κ3) is 1.55. The molecule has 1 aliphatic heterocycles. The molecule has 0 saturated heterocycles. The van der Waals surface area contributed by atoms with E-state index in [0.29, 0.717) is 6.61 Å². The summed E-state index contributed by atoms with van der Waals surface area (Å²) in [4.78, 5) is 14.6. The summed E-state index contributed by atoms with van der Waals surface area (Å²) in [5.74, 6) is -0.381. The summed E-state index contributed by atoms with van der Waals surface area (Å²) in [6, 6.07) is -0.0813. The largest absolute Gasteiger partial charge is 0.446 e. The Labute approximate surface area is 70.5 Å². The number of hydrogen-bond acceptors (Lipinski definition) is 4. The monoisotopic (exact) mass is 172 g/mol. The molecule has 1 rings (SSSR count). The van der Waals surface area contributed by atoms with E-state index < -0.39 is 5.60 Å². The Morgan fingerprint density at radius 2 is 2.42 bits per heavy atom. The summed E-state index contributed by atoms with van der Waals surface area (Å²) in [5, 5.41) is 0. The summed E-state index contributed by atoms with van der Waals surface area (Å²) in [6.07, 6.45) is 0. The summed E-state index contributed by atoms with van der Waals surface area (Å²) in [6.45, 7) is 4.17. The minimum atomic E-state index is -1.01. The van der Waals surface area contributed by atoms with Gasteiger partial charge in [0.25, 0.3) is 11.9 Å². The van der Waals surface area contributed by atoms with Crippen LogP contribution < -0.4 is 5.73 Å². The Bertz CT molecular complexity index is 227. The molecule has 0 spiro atoms. The molecule has 0 saturated carbocycles. The molecule has 1 unspecified atom stereocenters. The molecule has 68 valence electrons. The number of hydrogen-bond donors (Lipinski definition) is 1. The lowest BCUT2D eigenvalue weighted by atomic mass is 10.1. The zero-order valence-corrected chi connectivity index (χ0v) is 7.16. The summed E-state index contributed by atoms with van der Waals surface area (Å²) in [5.41, 5.74) is 4.21. The van der Waals surface area contributed by atoms with Gasteiger partial charge in [-0.15, -0.1) is 0 Å². The first-order valence-corrected chi connectivity index (χ1v) is 3.74. The summed E-state index contributed by atoms with van der Waals surface area (Å²) >= 11 is 0. The number of ether oxygens (including phenoxy) is 2. The van der Waals surface area contributed by atoms with Crippen molar-refractivity contribution >= 4 is 11.9 Å². The van der Waals surface area contributed by atoms with E-state index in [9.17, 15) is 4.79 Å². The fourth-order valence-corrected chi connectivity index (χ4v) is 0.904. The molecular formula is C7H12N2O3. The third-order valence-electron chi connectivity index (χ3n) is 1.58. The quantitative estimate of drug-likeness (QED) is 0.631. The number of amides is 1. The highest BCUT2D eigenvalue weighted by Crippen LogP contribution is 2.18. The van der Waals surface area contributed by atoms with Gasteiger partial charge in [0.1, 0.15) is 0 Å². The summed E-state index contributed by atoms with van der Waals surface area (Å²) in [7, 11) is 0. The van der Waals surface area contributed by atoms with Crippen molar-refractivity contribution in [2.24, 2.45) is 10.7 Å². The van der Waals surface area contributed by atoms with Crippen molar-refractivity contribution in [2.75, 3.05) is 13.2 Å². The Hall–Kier alpha value is -1.10. The van der Waals surface area contributed by atoms with Crippen LogP contribution in [0.3, 0.4) is 0 Å². The van der Waals surface area contributed by atoms with Crippen molar-refractivity contribution in [3.8, 4) is 0 Å². The third-order valence-corrected chi connectivity index (χ3v) is 1.58. The van der Waals surface area contributed by atoms with Crippen molar-refractivity contribution in [2.45, 2.75) is 19.4 Å². The zero-order chi connectivity index (χ0) is 9.19. The molecule has 0 fully saturated rings. The first-order chi connectivity index (χ1) is 5.58. The van der Waals surface area contributed by atoms with Crippen molar-refractivity contribution in [1.29, 1.82) is 0 Å². The zero-order valence-electron chi connectivity index (χ0n) is 7.16. The van der Waals surface area contributed by atoms with Gasteiger partial charge in [-0.25, -0.2) is 0 Å². The highest BCUT2D eigenvalue weighted by molar-refractivity contribution is 6.00. The normalized spacial score (nSPS) is 28.5. The van der Waals surface area contributed by atoms with Crippen LogP contribution in [0.25, 0.3) is 0 Å². The van der Waals surface area contributed by atoms with Crippen LogP contribution in [0.4, 0.5) is 0 Å². The molecule has 0 aromatic heterocycles. The highest BCUT2D eigenvalue weighted by atomic mass is 16.6. The first-order valence-electron chi connectivity index (χ1n) is 3.74. The van der Waals surface area contributed by atoms with Crippen molar-refractivity contribution in [3.05, 3.63) is 0 Å². The summed E-state index contributed by atoms with van der Waals surface area (Å²) < 4.78 is 10.1. The predicted molar refractivity (Wildman–Crippen MR) is 42.6 cm³/mol. The molecular weight excluding hydrogens is 160 g/mol. The highest BCUT2D eigenvalue weighted by Gasteiger charge is 2.41. The van der Waals surface area contributed by atoms with Crippen LogP contribution in [0.2, 0.25) is 0 Å². The molecule has 1 amide bonds. The molecule has 2 N–H and O–H groups in total. The topological polar surface area (TPSA) is 73.9 Å². The van der Waals surface area contributed by atoms with E-state index in [0.717, 1.165) is 0 Å². The second-order valence-electron chi connectivity index (χ2n) is 2.73. The van der Waals surface area contributed by atoms with Gasteiger partial charge >= 0.3 is 0 Å². The molecule has 0 aromatic rings. The van der Waals surface area contributed by atoms with Crippen molar-refractivity contribution in [1.82, 2.24) is 0 Å². The van der Waals surface area contributed by atoms with E-state index in [4.69, 9.17) is 15.2 Å². The average Bonchev–Trinajstić information content (AvgIpc) is 2.23. The van der Waals surface area contributed by atoms with Crippen molar-refractivity contribution in [3.63, 3.8) is 0 Å². The van der Waals surface area contributed by atoms with Gasteiger partial charge < -0.3 is 15.2 Å². The number of nitrogens with zero attached hydrogens (tertiary/aromatic N) is 1. The lowest BCUT2D eigenvalue weighted by molar-refractivity contribution is -0.134. The number of carbonyl (C=O) groups is 1. The predicted octanol–water partition coefficient (Wildman–Crippen LogP) is -0.347.